The number of nitrogens with one attached hydrogen (secondary N) is 2. The van der Waals surface area contributed by atoms with Crippen LogP contribution in [0.3, 0.4) is 0 Å². The average Bonchev–Trinajstić information content (AvgIpc) is 2.42. The summed E-state index contributed by atoms with van der Waals surface area (Å²) in [7, 11) is 1.66. The second-order valence-corrected chi connectivity index (χ2v) is 4.21. The predicted molar refractivity (Wildman–Crippen MR) is 72.4 cm³/mol. The van der Waals surface area contributed by atoms with Gasteiger partial charge in [0.25, 0.3) is 0 Å². The summed E-state index contributed by atoms with van der Waals surface area (Å²) in [6.45, 7) is 3.72. The van der Waals surface area contributed by atoms with Gasteiger partial charge in [0.05, 0.1) is 6.54 Å². The van der Waals surface area contributed by atoms with Crippen molar-refractivity contribution in [2.45, 2.75) is 19.4 Å². The van der Waals surface area contributed by atoms with E-state index in [0.717, 1.165) is 6.42 Å². The minimum atomic E-state index is 0.0221. The van der Waals surface area contributed by atoms with Gasteiger partial charge in [-0.2, -0.15) is 0 Å². The summed E-state index contributed by atoms with van der Waals surface area (Å²) in [5.74, 6) is 0.0221. The molecule has 1 atom stereocenters. The van der Waals surface area contributed by atoms with E-state index in [1.807, 2.05) is 37.3 Å². The summed E-state index contributed by atoms with van der Waals surface area (Å²) < 4.78 is 4.91. The first-order valence-corrected chi connectivity index (χ1v) is 6.28. The molecule has 0 saturated heterocycles. The highest BCUT2D eigenvalue weighted by molar-refractivity contribution is 5.77. The average molecular weight is 250 g/mol. The number of carbonyl (C=O) groups excluding carboxylic acids is 1. The van der Waals surface area contributed by atoms with Crippen LogP contribution in [0.25, 0.3) is 0 Å². The molecule has 0 heterocycles. The van der Waals surface area contributed by atoms with Crippen LogP contribution < -0.4 is 10.6 Å². The van der Waals surface area contributed by atoms with Crippen molar-refractivity contribution < 1.29 is 9.53 Å². The van der Waals surface area contributed by atoms with Crippen LogP contribution in [-0.4, -0.2) is 32.7 Å². The van der Waals surface area contributed by atoms with Gasteiger partial charge < -0.3 is 15.4 Å². The van der Waals surface area contributed by atoms with E-state index in [0.29, 0.717) is 19.7 Å². The lowest BCUT2D eigenvalue weighted by Crippen LogP contribution is -2.35. The zero-order valence-corrected chi connectivity index (χ0v) is 11.1. The standard InChI is InChI=1S/C14H22N2O2/c1-12(13-7-4-3-5-8-13)16-11-14(17)15-9-6-10-18-2/h3-5,7-8,12,16H,6,9-11H2,1-2H3,(H,15,17). The van der Waals surface area contributed by atoms with Crippen molar-refractivity contribution in [2.24, 2.45) is 0 Å². The van der Waals surface area contributed by atoms with Gasteiger partial charge in [-0.25, -0.2) is 0 Å². The molecule has 0 aliphatic carbocycles. The monoisotopic (exact) mass is 250 g/mol. The van der Waals surface area contributed by atoms with Crippen molar-refractivity contribution in [1.82, 2.24) is 10.6 Å². The molecule has 1 amide bonds. The lowest BCUT2D eigenvalue weighted by Gasteiger charge is -2.14. The molecule has 0 aromatic heterocycles. The quantitative estimate of drug-likeness (QED) is 0.687. The van der Waals surface area contributed by atoms with Gasteiger partial charge in [-0.3, -0.25) is 4.79 Å². The molecule has 0 spiro atoms. The number of carbonyl (C=O) groups is 1. The summed E-state index contributed by atoms with van der Waals surface area (Å²) in [5.41, 5.74) is 1.18. The smallest absolute Gasteiger partial charge is 0.233 e. The molecule has 0 bridgehead atoms. The molecule has 1 rings (SSSR count). The molecule has 100 valence electrons. The normalized spacial score (nSPS) is 12.1. The molecular formula is C14H22N2O2. The van der Waals surface area contributed by atoms with Gasteiger partial charge in [0.15, 0.2) is 0 Å². The number of hydrogen-bond donors (Lipinski definition) is 2. The van der Waals surface area contributed by atoms with Crippen molar-refractivity contribution in [2.75, 3.05) is 26.8 Å². The second-order valence-electron chi connectivity index (χ2n) is 4.21. The lowest BCUT2D eigenvalue weighted by atomic mass is 10.1. The van der Waals surface area contributed by atoms with Crippen LogP contribution in [0, 0.1) is 0 Å². The zero-order valence-electron chi connectivity index (χ0n) is 11.1. The Morgan fingerprint density at radius 2 is 2.06 bits per heavy atom. The molecule has 0 saturated carbocycles. The van der Waals surface area contributed by atoms with E-state index in [9.17, 15) is 4.79 Å². The van der Waals surface area contributed by atoms with E-state index in [-0.39, 0.29) is 11.9 Å². The van der Waals surface area contributed by atoms with Gasteiger partial charge in [0, 0.05) is 26.3 Å². The van der Waals surface area contributed by atoms with Gasteiger partial charge in [-0.05, 0) is 18.9 Å². The van der Waals surface area contributed by atoms with Crippen molar-refractivity contribution in [1.29, 1.82) is 0 Å². The number of amides is 1. The van der Waals surface area contributed by atoms with Crippen molar-refractivity contribution in [3.8, 4) is 0 Å². The largest absolute Gasteiger partial charge is 0.385 e. The van der Waals surface area contributed by atoms with Crippen molar-refractivity contribution >= 4 is 5.91 Å². The minimum absolute atomic E-state index is 0.0221. The zero-order chi connectivity index (χ0) is 13.2. The fraction of sp³-hybridized carbons (Fsp3) is 0.500. The Morgan fingerprint density at radius 3 is 2.72 bits per heavy atom. The molecule has 0 aliphatic heterocycles. The summed E-state index contributed by atoms with van der Waals surface area (Å²) in [6.07, 6.45) is 0.844. The Balaban J connectivity index is 2.18. The molecule has 4 nitrogen and oxygen atoms in total. The number of hydrogen-bond acceptors (Lipinski definition) is 3. The van der Waals surface area contributed by atoms with E-state index in [1.54, 1.807) is 7.11 Å². The van der Waals surface area contributed by atoms with E-state index in [4.69, 9.17) is 4.74 Å². The Hall–Kier alpha value is -1.39. The van der Waals surface area contributed by atoms with Crippen LogP contribution in [0.2, 0.25) is 0 Å². The van der Waals surface area contributed by atoms with Crippen LogP contribution in [0.5, 0.6) is 0 Å². The summed E-state index contributed by atoms with van der Waals surface area (Å²) in [4.78, 5) is 11.5. The molecule has 0 radical (unpaired) electrons. The van der Waals surface area contributed by atoms with Gasteiger partial charge in [0.1, 0.15) is 0 Å². The lowest BCUT2D eigenvalue weighted by molar-refractivity contribution is -0.120. The predicted octanol–water partition coefficient (Wildman–Crippen LogP) is 1.49. The molecular weight excluding hydrogens is 228 g/mol. The van der Waals surface area contributed by atoms with E-state index < -0.39 is 0 Å². The third-order valence-electron chi connectivity index (χ3n) is 2.72. The van der Waals surface area contributed by atoms with Crippen LogP contribution in [0.4, 0.5) is 0 Å². The first-order valence-electron chi connectivity index (χ1n) is 6.28. The Bertz CT molecular complexity index is 341. The van der Waals surface area contributed by atoms with E-state index >= 15 is 0 Å². The Kier molecular flexibility index (Phi) is 7.06. The summed E-state index contributed by atoms with van der Waals surface area (Å²) in [6, 6.07) is 10.3. The van der Waals surface area contributed by atoms with E-state index in [2.05, 4.69) is 10.6 Å². The number of benzene rings is 1. The SMILES string of the molecule is COCCCNC(=O)CNC(C)c1ccccc1. The van der Waals surface area contributed by atoms with Crippen molar-refractivity contribution in [3.63, 3.8) is 0 Å². The minimum Gasteiger partial charge on any atom is -0.385 e. The van der Waals surface area contributed by atoms with E-state index in [1.165, 1.54) is 5.56 Å². The summed E-state index contributed by atoms with van der Waals surface area (Å²) >= 11 is 0. The van der Waals surface area contributed by atoms with Crippen LogP contribution in [-0.2, 0) is 9.53 Å². The van der Waals surface area contributed by atoms with Crippen LogP contribution in [0.15, 0.2) is 30.3 Å². The highest BCUT2D eigenvalue weighted by atomic mass is 16.5. The number of ether oxygens (including phenoxy) is 1. The van der Waals surface area contributed by atoms with Crippen LogP contribution >= 0.6 is 0 Å². The molecule has 0 fully saturated rings. The topological polar surface area (TPSA) is 50.4 Å². The first-order chi connectivity index (χ1) is 8.74. The Labute approximate surface area is 109 Å². The molecule has 1 aromatic carbocycles. The molecule has 1 aromatic rings. The molecule has 2 N–H and O–H groups in total. The highest BCUT2D eigenvalue weighted by Crippen LogP contribution is 2.10. The molecule has 4 heteroatoms. The Morgan fingerprint density at radius 1 is 1.33 bits per heavy atom. The fourth-order valence-electron chi connectivity index (χ4n) is 1.61. The maximum atomic E-state index is 11.5. The third kappa shape index (κ3) is 5.80. The maximum absolute atomic E-state index is 11.5. The molecule has 18 heavy (non-hydrogen) atoms. The number of methoxy groups -OCH3 is 1. The summed E-state index contributed by atoms with van der Waals surface area (Å²) in [5, 5.41) is 6.04. The molecule has 1 unspecified atom stereocenters. The van der Waals surface area contributed by atoms with Gasteiger partial charge in [-0.1, -0.05) is 30.3 Å². The number of rotatable bonds is 8. The van der Waals surface area contributed by atoms with Crippen LogP contribution in [0.1, 0.15) is 24.9 Å². The van der Waals surface area contributed by atoms with Crippen molar-refractivity contribution in [3.05, 3.63) is 35.9 Å². The maximum Gasteiger partial charge on any atom is 0.233 e. The first kappa shape index (κ1) is 14.7. The van der Waals surface area contributed by atoms with Gasteiger partial charge >= 0.3 is 0 Å². The van der Waals surface area contributed by atoms with Gasteiger partial charge in [-0.15, -0.1) is 0 Å². The highest BCUT2D eigenvalue weighted by Gasteiger charge is 2.06. The van der Waals surface area contributed by atoms with Gasteiger partial charge in [0.2, 0.25) is 5.91 Å². The third-order valence-corrected chi connectivity index (χ3v) is 2.72. The second kappa shape index (κ2) is 8.66. The fourth-order valence-corrected chi connectivity index (χ4v) is 1.61. The molecule has 0 aliphatic rings.